The molecule has 0 bridgehead atoms. The van der Waals surface area contributed by atoms with Gasteiger partial charge >= 0.3 is 12.1 Å². The van der Waals surface area contributed by atoms with Crippen molar-refractivity contribution in [1.29, 1.82) is 0 Å². The fourth-order valence-electron chi connectivity index (χ4n) is 1.22. The molecule has 2 N–H and O–H groups in total. The second-order valence-corrected chi connectivity index (χ2v) is 3.65. The molecule has 0 aliphatic heterocycles. The van der Waals surface area contributed by atoms with Crippen LogP contribution in [0.3, 0.4) is 0 Å². The summed E-state index contributed by atoms with van der Waals surface area (Å²) in [6.07, 6.45) is -4.54. The van der Waals surface area contributed by atoms with Crippen LogP contribution in [0.4, 0.5) is 13.2 Å². The van der Waals surface area contributed by atoms with E-state index in [0.29, 0.717) is 0 Å². The van der Waals surface area contributed by atoms with Gasteiger partial charge in [0.15, 0.2) is 0 Å². The number of esters is 1. The predicted molar refractivity (Wildman–Crippen MR) is 62.6 cm³/mol. The molecule has 0 fully saturated rings. The van der Waals surface area contributed by atoms with Crippen molar-refractivity contribution in [1.82, 2.24) is 0 Å². The molecule has 0 aliphatic carbocycles. The third-order valence-electron chi connectivity index (χ3n) is 2.11. The third-order valence-corrected chi connectivity index (χ3v) is 2.43. The molecule has 8 heteroatoms. The van der Waals surface area contributed by atoms with Gasteiger partial charge in [-0.2, -0.15) is 13.2 Å². The summed E-state index contributed by atoms with van der Waals surface area (Å²) < 4.78 is 41.6. The molecule has 0 saturated carbocycles. The maximum Gasteiger partial charge on any atom is 0.417 e. The van der Waals surface area contributed by atoms with Gasteiger partial charge in [-0.15, -0.1) is 12.4 Å². The van der Waals surface area contributed by atoms with Crippen molar-refractivity contribution in [2.75, 3.05) is 7.11 Å². The van der Waals surface area contributed by atoms with E-state index in [4.69, 9.17) is 17.3 Å². The maximum atomic E-state index is 12.4. The number of rotatable bonds is 2. The zero-order valence-corrected chi connectivity index (χ0v) is 10.7. The number of carbonyl (C=O) groups is 1. The molecule has 3 nitrogen and oxygen atoms in total. The largest absolute Gasteiger partial charge is 0.468 e. The van der Waals surface area contributed by atoms with Gasteiger partial charge in [-0.05, 0) is 17.7 Å². The molecule has 0 unspecified atom stereocenters. The summed E-state index contributed by atoms with van der Waals surface area (Å²) in [7, 11) is 1.13. The van der Waals surface area contributed by atoms with Gasteiger partial charge in [0.2, 0.25) is 0 Å². The van der Waals surface area contributed by atoms with Crippen LogP contribution in [0, 0.1) is 0 Å². The molecule has 0 saturated heterocycles. The van der Waals surface area contributed by atoms with E-state index in [1.807, 2.05) is 0 Å². The summed E-state index contributed by atoms with van der Waals surface area (Å²) >= 11 is 5.48. The first-order valence-corrected chi connectivity index (χ1v) is 4.85. The lowest BCUT2D eigenvalue weighted by Gasteiger charge is -2.13. The molecule has 18 heavy (non-hydrogen) atoms. The van der Waals surface area contributed by atoms with Crippen LogP contribution in [-0.4, -0.2) is 13.1 Å². The lowest BCUT2D eigenvalue weighted by atomic mass is 10.1. The van der Waals surface area contributed by atoms with Crippen molar-refractivity contribution in [3.05, 3.63) is 34.3 Å². The van der Waals surface area contributed by atoms with Gasteiger partial charge in [0.05, 0.1) is 17.7 Å². The average Bonchev–Trinajstić information content (AvgIpc) is 2.25. The second kappa shape index (κ2) is 6.26. The quantitative estimate of drug-likeness (QED) is 0.855. The number of halogens is 5. The fraction of sp³-hybridized carbons (Fsp3) is 0.300. The molecule has 0 heterocycles. The summed E-state index contributed by atoms with van der Waals surface area (Å²) in [5, 5.41) is -0.505. The van der Waals surface area contributed by atoms with Crippen molar-refractivity contribution in [3.8, 4) is 0 Å². The van der Waals surface area contributed by atoms with E-state index in [1.165, 1.54) is 0 Å². The molecule has 0 amide bonds. The van der Waals surface area contributed by atoms with Crippen LogP contribution in [0.2, 0.25) is 5.02 Å². The standard InChI is InChI=1S/C10H9ClF3NO2.ClH/c1-17-9(16)8(15)5-2-3-6(7(11)4-5)10(12,13)14;/h2-4,8H,15H2,1H3;1H/t8-;/m1./s1. The number of benzene rings is 1. The molecule has 0 aliphatic rings. The fourth-order valence-corrected chi connectivity index (χ4v) is 1.51. The molecule has 0 spiro atoms. The van der Waals surface area contributed by atoms with Crippen LogP contribution in [-0.2, 0) is 15.7 Å². The van der Waals surface area contributed by atoms with Gasteiger partial charge in [-0.25, -0.2) is 0 Å². The maximum absolute atomic E-state index is 12.4. The molecule has 0 aromatic heterocycles. The summed E-state index contributed by atoms with van der Waals surface area (Å²) in [5.74, 6) is -0.749. The number of ether oxygens (including phenoxy) is 1. The average molecular weight is 304 g/mol. The Hall–Kier alpha value is -0.980. The lowest BCUT2D eigenvalue weighted by molar-refractivity contribution is -0.142. The van der Waals surface area contributed by atoms with Crippen molar-refractivity contribution in [2.24, 2.45) is 5.73 Å². The van der Waals surface area contributed by atoms with Crippen LogP contribution in [0.5, 0.6) is 0 Å². The highest BCUT2D eigenvalue weighted by atomic mass is 35.5. The Labute approximate surface area is 112 Å². The second-order valence-electron chi connectivity index (χ2n) is 3.24. The zero-order chi connectivity index (χ0) is 13.2. The van der Waals surface area contributed by atoms with Gasteiger partial charge < -0.3 is 10.5 Å². The Morgan fingerprint density at radius 1 is 1.44 bits per heavy atom. The van der Waals surface area contributed by atoms with E-state index in [9.17, 15) is 18.0 Å². The van der Waals surface area contributed by atoms with Crippen molar-refractivity contribution in [3.63, 3.8) is 0 Å². The van der Waals surface area contributed by atoms with Gasteiger partial charge in [0.25, 0.3) is 0 Å². The molecule has 1 atom stereocenters. The van der Waals surface area contributed by atoms with Crippen LogP contribution >= 0.6 is 24.0 Å². The minimum Gasteiger partial charge on any atom is -0.468 e. The monoisotopic (exact) mass is 303 g/mol. The minimum atomic E-state index is -4.54. The molecule has 102 valence electrons. The number of methoxy groups -OCH3 is 1. The van der Waals surface area contributed by atoms with Crippen molar-refractivity contribution in [2.45, 2.75) is 12.2 Å². The normalized spacial score (nSPS) is 12.6. The van der Waals surface area contributed by atoms with Crippen LogP contribution in [0.1, 0.15) is 17.2 Å². The number of hydrogen-bond acceptors (Lipinski definition) is 3. The molecule has 1 aromatic carbocycles. The first kappa shape index (κ1) is 17.0. The SMILES string of the molecule is COC(=O)[C@H](N)c1ccc(C(F)(F)F)c(Cl)c1.Cl. The van der Waals surface area contributed by atoms with E-state index < -0.39 is 28.8 Å². The highest BCUT2D eigenvalue weighted by Gasteiger charge is 2.33. The zero-order valence-electron chi connectivity index (χ0n) is 9.12. The van der Waals surface area contributed by atoms with Gasteiger partial charge in [0, 0.05) is 0 Å². The summed E-state index contributed by atoms with van der Waals surface area (Å²) in [5.41, 5.74) is 4.65. The van der Waals surface area contributed by atoms with E-state index in [2.05, 4.69) is 4.74 Å². The highest BCUT2D eigenvalue weighted by Crippen LogP contribution is 2.35. The summed E-state index contributed by atoms with van der Waals surface area (Å²) in [4.78, 5) is 11.1. The molecule has 0 radical (unpaired) electrons. The number of hydrogen-bond donors (Lipinski definition) is 1. The van der Waals surface area contributed by atoms with Crippen LogP contribution < -0.4 is 5.73 Å². The molecule has 1 aromatic rings. The van der Waals surface area contributed by atoms with E-state index in [0.717, 1.165) is 25.3 Å². The first-order valence-electron chi connectivity index (χ1n) is 4.47. The number of carbonyl (C=O) groups excluding carboxylic acids is 1. The van der Waals surface area contributed by atoms with Crippen LogP contribution in [0.15, 0.2) is 18.2 Å². The van der Waals surface area contributed by atoms with Crippen LogP contribution in [0.25, 0.3) is 0 Å². The van der Waals surface area contributed by atoms with E-state index in [1.54, 1.807) is 0 Å². The molecular weight excluding hydrogens is 294 g/mol. The van der Waals surface area contributed by atoms with Gasteiger partial charge in [-0.1, -0.05) is 17.7 Å². The van der Waals surface area contributed by atoms with E-state index in [-0.39, 0.29) is 18.0 Å². The highest BCUT2D eigenvalue weighted by molar-refractivity contribution is 6.31. The van der Waals surface area contributed by atoms with Gasteiger partial charge in [0.1, 0.15) is 6.04 Å². The van der Waals surface area contributed by atoms with Crippen molar-refractivity contribution >= 4 is 30.0 Å². The van der Waals surface area contributed by atoms with E-state index >= 15 is 0 Å². The summed E-state index contributed by atoms with van der Waals surface area (Å²) in [6, 6.07) is 1.72. The minimum absolute atomic E-state index is 0. The molecular formula is C10H10Cl2F3NO2. The Morgan fingerprint density at radius 3 is 2.39 bits per heavy atom. The van der Waals surface area contributed by atoms with Gasteiger partial charge in [-0.3, -0.25) is 4.79 Å². The predicted octanol–water partition coefficient (Wildman–Crippen LogP) is 2.95. The summed E-state index contributed by atoms with van der Waals surface area (Å²) in [6.45, 7) is 0. The Kier molecular flexibility index (Phi) is 5.92. The topological polar surface area (TPSA) is 52.3 Å². The number of alkyl halides is 3. The smallest absolute Gasteiger partial charge is 0.417 e. The number of nitrogens with two attached hydrogens (primary N) is 1. The van der Waals surface area contributed by atoms with Crippen molar-refractivity contribution < 1.29 is 22.7 Å². The molecule has 1 rings (SSSR count). The lowest BCUT2D eigenvalue weighted by Crippen LogP contribution is -2.22. The Bertz CT molecular complexity index is 438. The Balaban J connectivity index is 0.00000289. The Morgan fingerprint density at radius 2 is 2.00 bits per heavy atom. The first-order chi connectivity index (χ1) is 7.77. The third kappa shape index (κ3) is 3.76.